The Balaban J connectivity index is 1.51. The molecule has 0 aliphatic rings. The number of nitrogens with zero attached hydrogens (tertiary/aromatic N) is 2. The van der Waals surface area contributed by atoms with Crippen molar-refractivity contribution in [3.63, 3.8) is 0 Å². The molecule has 0 spiro atoms. The second-order valence-electron chi connectivity index (χ2n) is 5.62. The molecule has 7 heteroatoms. The number of carbonyl (C=O) groups excluding carboxylic acids is 1. The third kappa shape index (κ3) is 4.58. The third-order valence-corrected chi connectivity index (χ3v) is 4.72. The van der Waals surface area contributed by atoms with E-state index in [0.717, 1.165) is 26.7 Å². The second kappa shape index (κ2) is 8.44. The zero-order valence-corrected chi connectivity index (χ0v) is 15.5. The number of hydrogen-bond donors (Lipinski definition) is 2. The number of pyridine rings is 1. The van der Waals surface area contributed by atoms with Crippen LogP contribution in [0, 0.1) is 6.92 Å². The standard InChI is InChI=1S/C19H20N4O2S/c1-13-18(15-6-4-3-5-7-15)23-17(26-13)12-22-19(24)21-11-14-8-9-16(25-2)20-10-14/h3-10H,11-12H2,1-2H3,(H2,21,22,24). The number of hydrogen-bond acceptors (Lipinski definition) is 5. The summed E-state index contributed by atoms with van der Waals surface area (Å²) in [6.45, 7) is 2.83. The van der Waals surface area contributed by atoms with Crippen LogP contribution in [0.5, 0.6) is 5.88 Å². The normalized spacial score (nSPS) is 10.4. The molecule has 0 aliphatic carbocycles. The second-order valence-corrected chi connectivity index (χ2v) is 6.91. The molecule has 0 unspecified atom stereocenters. The van der Waals surface area contributed by atoms with Crippen LogP contribution in [0.3, 0.4) is 0 Å². The van der Waals surface area contributed by atoms with Crippen molar-refractivity contribution in [2.45, 2.75) is 20.0 Å². The quantitative estimate of drug-likeness (QED) is 0.698. The van der Waals surface area contributed by atoms with E-state index in [4.69, 9.17) is 4.74 Å². The molecule has 6 nitrogen and oxygen atoms in total. The van der Waals surface area contributed by atoms with Crippen molar-refractivity contribution in [1.29, 1.82) is 0 Å². The Morgan fingerprint density at radius 1 is 1.12 bits per heavy atom. The minimum Gasteiger partial charge on any atom is -0.481 e. The van der Waals surface area contributed by atoms with Crippen LogP contribution in [-0.4, -0.2) is 23.1 Å². The summed E-state index contributed by atoms with van der Waals surface area (Å²) in [5, 5.41) is 6.52. The van der Waals surface area contributed by atoms with E-state index in [2.05, 4.69) is 20.6 Å². The fourth-order valence-corrected chi connectivity index (χ4v) is 3.32. The number of rotatable bonds is 6. The maximum Gasteiger partial charge on any atom is 0.315 e. The number of methoxy groups -OCH3 is 1. The van der Waals surface area contributed by atoms with Crippen LogP contribution in [0.4, 0.5) is 4.79 Å². The highest BCUT2D eigenvalue weighted by Crippen LogP contribution is 2.27. The van der Waals surface area contributed by atoms with E-state index in [1.165, 1.54) is 0 Å². The molecule has 0 radical (unpaired) electrons. The van der Waals surface area contributed by atoms with Gasteiger partial charge in [0.15, 0.2) is 0 Å². The molecule has 2 aromatic heterocycles. The van der Waals surface area contributed by atoms with Crippen molar-refractivity contribution in [3.05, 3.63) is 64.1 Å². The highest BCUT2D eigenvalue weighted by Gasteiger charge is 2.10. The smallest absolute Gasteiger partial charge is 0.315 e. The Kier molecular flexibility index (Phi) is 5.80. The zero-order chi connectivity index (χ0) is 18.4. The molecule has 26 heavy (non-hydrogen) atoms. The third-order valence-electron chi connectivity index (χ3n) is 3.75. The fourth-order valence-electron chi connectivity index (χ4n) is 2.43. The monoisotopic (exact) mass is 368 g/mol. The van der Waals surface area contributed by atoms with E-state index in [-0.39, 0.29) is 6.03 Å². The van der Waals surface area contributed by atoms with Crippen molar-refractivity contribution in [2.24, 2.45) is 0 Å². The predicted molar refractivity (Wildman–Crippen MR) is 102 cm³/mol. The summed E-state index contributed by atoms with van der Waals surface area (Å²) in [7, 11) is 1.57. The highest BCUT2D eigenvalue weighted by molar-refractivity contribution is 7.12. The highest BCUT2D eigenvalue weighted by atomic mass is 32.1. The molecule has 2 heterocycles. The Labute approximate surface area is 156 Å². The lowest BCUT2D eigenvalue weighted by Crippen LogP contribution is -2.34. The molecule has 0 aliphatic heterocycles. The molecule has 0 saturated carbocycles. The van der Waals surface area contributed by atoms with Gasteiger partial charge in [-0.2, -0.15) is 0 Å². The van der Waals surface area contributed by atoms with Crippen molar-refractivity contribution < 1.29 is 9.53 Å². The van der Waals surface area contributed by atoms with E-state index in [9.17, 15) is 4.79 Å². The first kappa shape index (κ1) is 17.9. The molecule has 134 valence electrons. The Bertz CT molecular complexity index is 863. The van der Waals surface area contributed by atoms with Crippen LogP contribution < -0.4 is 15.4 Å². The topological polar surface area (TPSA) is 76.1 Å². The molecule has 1 aromatic carbocycles. The maximum atomic E-state index is 12.0. The molecule has 2 N–H and O–H groups in total. The first-order chi connectivity index (χ1) is 12.7. The molecule has 2 amide bonds. The van der Waals surface area contributed by atoms with Crippen molar-refractivity contribution >= 4 is 17.4 Å². The number of aryl methyl sites for hydroxylation is 1. The molecule has 3 aromatic rings. The Hall–Kier alpha value is -2.93. The van der Waals surface area contributed by atoms with Gasteiger partial charge in [-0.15, -0.1) is 11.3 Å². The summed E-state index contributed by atoms with van der Waals surface area (Å²) in [5.41, 5.74) is 2.96. The zero-order valence-electron chi connectivity index (χ0n) is 14.7. The summed E-state index contributed by atoms with van der Waals surface area (Å²) < 4.78 is 5.01. The van der Waals surface area contributed by atoms with Gasteiger partial charge in [0.05, 0.1) is 19.3 Å². The van der Waals surface area contributed by atoms with E-state index >= 15 is 0 Å². The molecule has 0 bridgehead atoms. The van der Waals surface area contributed by atoms with Crippen LogP contribution in [0.1, 0.15) is 15.4 Å². The lowest BCUT2D eigenvalue weighted by molar-refractivity contribution is 0.240. The number of aromatic nitrogens is 2. The van der Waals surface area contributed by atoms with Crippen LogP contribution in [-0.2, 0) is 13.1 Å². The van der Waals surface area contributed by atoms with Gasteiger partial charge >= 0.3 is 6.03 Å². The van der Waals surface area contributed by atoms with Crippen molar-refractivity contribution in [2.75, 3.05) is 7.11 Å². The van der Waals surface area contributed by atoms with Crippen molar-refractivity contribution in [3.8, 4) is 17.1 Å². The minimum atomic E-state index is -0.241. The van der Waals surface area contributed by atoms with Gasteiger partial charge in [0.25, 0.3) is 0 Å². The lowest BCUT2D eigenvalue weighted by atomic mass is 10.1. The number of nitrogens with one attached hydrogen (secondary N) is 2. The molecule has 0 atom stereocenters. The average Bonchev–Trinajstić information content (AvgIpc) is 3.06. The lowest BCUT2D eigenvalue weighted by Gasteiger charge is -2.06. The maximum absolute atomic E-state index is 12.0. The largest absolute Gasteiger partial charge is 0.481 e. The summed E-state index contributed by atoms with van der Waals surface area (Å²) in [6, 6.07) is 13.4. The van der Waals surface area contributed by atoms with Crippen LogP contribution >= 0.6 is 11.3 Å². The number of carbonyl (C=O) groups is 1. The van der Waals surface area contributed by atoms with E-state index in [1.807, 2.05) is 43.3 Å². The number of thiazole rings is 1. The number of urea groups is 1. The summed E-state index contributed by atoms with van der Waals surface area (Å²) in [4.78, 5) is 21.9. The molecular weight excluding hydrogens is 348 g/mol. The van der Waals surface area contributed by atoms with E-state index in [1.54, 1.807) is 30.7 Å². The van der Waals surface area contributed by atoms with Crippen LogP contribution in [0.15, 0.2) is 48.7 Å². The average molecular weight is 368 g/mol. The predicted octanol–water partition coefficient (Wildman–Crippen LogP) is 3.52. The van der Waals surface area contributed by atoms with Gasteiger partial charge in [-0.25, -0.2) is 14.8 Å². The van der Waals surface area contributed by atoms with Gasteiger partial charge in [0.2, 0.25) is 5.88 Å². The summed E-state index contributed by atoms with van der Waals surface area (Å²) in [6.07, 6.45) is 1.68. The first-order valence-corrected chi connectivity index (χ1v) is 8.99. The summed E-state index contributed by atoms with van der Waals surface area (Å²) >= 11 is 1.59. The minimum absolute atomic E-state index is 0.241. The SMILES string of the molecule is COc1ccc(CNC(=O)NCc2nc(-c3ccccc3)c(C)s2)cn1. The number of benzene rings is 1. The summed E-state index contributed by atoms with van der Waals surface area (Å²) in [5.74, 6) is 0.548. The molecular formula is C19H20N4O2S. The number of ether oxygens (including phenoxy) is 1. The van der Waals surface area contributed by atoms with Gasteiger partial charge in [0, 0.05) is 29.2 Å². The Morgan fingerprint density at radius 2 is 1.88 bits per heavy atom. The first-order valence-electron chi connectivity index (χ1n) is 8.18. The van der Waals surface area contributed by atoms with Crippen LogP contribution in [0.25, 0.3) is 11.3 Å². The van der Waals surface area contributed by atoms with E-state index in [0.29, 0.717) is 19.0 Å². The fraction of sp³-hybridized carbons (Fsp3) is 0.211. The van der Waals surface area contributed by atoms with Gasteiger partial charge < -0.3 is 15.4 Å². The van der Waals surface area contributed by atoms with Gasteiger partial charge in [-0.05, 0) is 12.5 Å². The molecule has 0 saturated heterocycles. The van der Waals surface area contributed by atoms with E-state index < -0.39 is 0 Å². The number of amides is 2. The van der Waals surface area contributed by atoms with Crippen molar-refractivity contribution in [1.82, 2.24) is 20.6 Å². The molecule has 0 fully saturated rings. The van der Waals surface area contributed by atoms with Gasteiger partial charge in [-0.1, -0.05) is 36.4 Å². The van der Waals surface area contributed by atoms with Crippen LogP contribution in [0.2, 0.25) is 0 Å². The van der Waals surface area contributed by atoms with Gasteiger partial charge in [-0.3, -0.25) is 0 Å². The van der Waals surface area contributed by atoms with Gasteiger partial charge in [0.1, 0.15) is 5.01 Å². The molecule has 3 rings (SSSR count). The Morgan fingerprint density at radius 3 is 2.58 bits per heavy atom.